The van der Waals surface area contributed by atoms with Gasteiger partial charge in [-0.1, -0.05) is 48.5 Å². The SMILES string of the molecule is Cn1nccc1Nc1cc(C(=O)NC2CCN(Cc3ccccc3)CC2)c2ccccc2n1. The maximum absolute atomic E-state index is 13.3. The third-order valence-electron chi connectivity index (χ3n) is 6.21. The molecule has 0 bridgehead atoms. The van der Waals surface area contributed by atoms with Crippen molar-refractivity contribution in [2.75, 3.05) is 18.4 Å². The minimum absolute atomic E-state index is 0.0526. The molecule has 3 heterocycles. The van der Waals surface area contributed by atoms with Gasteiger partial charge in [-0.2, -0.15) is 5.10 Å². The van der Waals surface area contributed by atoms with Gasteiger partial charge in [-0.3, -0.25) is 14.4 Å². The molecule has 168 valence electrons. The van der Waals surface area contributed by atoms with Crippen molar-refractivity contribution < 1.29 is 4.79 Å². The summed E-state index contributed by atoms with van der Waals surface area (Å²) < 4.78 is 1.74. The van der Waals surface area contributed by atoms with Crippen molar-refractivity contribution in [3.05, 3.63) is 84.1 Å². The van der Waals surface area contributed by atoms with Crippen molar-refractivity contribution in [2.45, 2.75) is 25.4 Å². The number of carbonyl (C=O) groups excluding carboxylic acids is 1. The number of nitrogens with one attached hydrogen (secondary N) is 2. The van der Waals surface area contributed by atoms with Crippen molar-refractivity contribution >= 4 is 28.4 Å². The number of likely N-dealkylation sites (tertiary alicyclic amines) is 1. The van der Waals surface area contributed by atoms with E-state index in [1.807, 2.05) is 49.5 Å². The first-order chi connectivity index (χ1) is 16.2. The zero-order valence-corrected chi connectivity index (χ0v) is 18.7. The molecular formula is C26H28N6O. The number of carbonyl (C=O) groups is 1. The van der Waals surface area contributed by atoms with Crippen molar-refractivity contribution in [2.24, 2.45) is 7.05 Å². The molecule has 2 aromatic carbocycles. The van der Waals surface area contributed by atoms with Crippen molar-refractivity contribution in [3.8, 4) is 0 Å². The third-order valence-corrected chi connectivity index (χ3v) is 6.21. The monoisotopic (exact) mass is 440 g/mol. The molecule has 5 rings (SSSR count). The summed E-state index contributed by atoms with van der Waals surface area (Å²) in [6.45, 7) is 2.91. The maximum Gasteiger partial charge on any atom is 0.252 e. The Morgan fingerprint density at radius 3 is 2.55 bits per heavy atom. The molecule has 1 amide bonds. The highest BCUT2D eigenvalue weighted by molar-refractivity contribution is 6.07. The Morgan fingerprint density at radius 1 is 1.03 bits per heavy atom. The van der Waals surface area contributed by atoms with E-state index in [1.54, 1.807) is 10.9 Å². The number of aromatic nitrogens is 3. The van der Waals surface area contributed by atoms with E-state index in [0.29, 0.717) is 11.4 Å². The van der Waals surface area contributed by atoms with Gasteiger partial charge in [-0.05, 0) is 30.5 Å². The van der Waals surface area contributed by atoms with Gasteiger partial charge in [0.2, 0.25) is 0 Å². The van der Waals surface area contributed by atoms with Gasteiger partial charge in [0.15, 0.2) is 0 Å². The first-order valence-electron chi connectivity index (χ1n) is 11.4. The molecule has 0 spiro atoms. The van der Waals surface area contributed by atoms with Crippen LogP contribution >= 0.6 is 0 Å². The second kappa shape index (κ2) is 9.42. The lowest BCUT2D eigenvalue weighted by molar-refractivity contribution is 0.0910. The lowest BCUT2D eigenvalue weighted by atomic mass is 10.0. The van der Waals surface area contributed by atoms with E-state index in [0.717, 1.165) is 49.2 Å². The van der Waals surface area contributed by atoms with E-state index >= 15 is 0 Å². The topological polar surface area (TPSA) is 75.1 Å². The molecule has 0 saturated carbocycles. The summed E-state index contributed by atoms with van der Waals surface area (Å²) in [6.07, 6.45) is 3.62. The van der Waals surface area contributed by atoms with E-state index < -0.39 is 0 Å². The van der Waals surface area contributed by atoms with Gasteiger partial charge in [-0.15, -0.1) is 0 Å². The number of hydrogen-bond donors (Lipinski definition) is 2. The zero-order chi connectivity index (χ0) is 22.6. The molecule has 7 heteroatoms. The Hall–Kier alpha value is -3.71. The van der Waals surface area contributed by atoms with Crippen LogP contribution in [0.4, 0.5) is 11.6 Å². The molecule has 0 atom stereocenters. The van der Waals surface area contributed by atoms with Crippen molar-refractivity contribution in [3.63, 3.8) is 0 Å². The second-order valence-electron chi connectivity index (χ2n) is 8.55. The van der Waals surface area contributed by atoms with Gasteiger partial charge in [-0.25, -0.2) is 4.98 Å². The number of amides is 1. The highest BCUT2D eigenvalue weighted by Gasteiger charge is 2.22. The third kappa shape index (κ3) is 4.88. The van der Waals surface area contributed by atoms with Gasteiger partial charge >= 0.3 is 0 Å². The highest BCUT2D eigenvalue weighted by Crippen LogP contribution is 2.24. The molecule has 2 N–H and O–H groups in total. The number of hydrogen-bond acceptors (Lipinski definition) is 5. The minimum Gasteiger partial charge on any atom is -0.349 e. The fourth-order valence-electron chi connectivity index (χ4n) is 4.40. The van der Waals surface area contributed by atoms with Gasteiger partial charge in [0.25, 0.3) is 5.91 Å². The number of rotatable bonds is 6. The molecule has 0 radical (unpaired) electrons. The summed E-state index contributed by atoms with van der Waals surface area (Å²) in [5, 5.41) is 11.6. The number of benzene rings is 2. The molecule has 2 aromatic heterocycles. The van der Waals surface area contributed by atoms with Gasteiger partial charge in [0.05, 0.1) is 17.3 Å². The summed E-state index contributed by atoms with van der Waals surface area (Å²) in [6, 6.07) is 22.2. The quantitative estimate of drug-likeness (QED) is 0.472. The first kappa shape index (κ1) is 21.2. The van der Waals surface area contributed by atoms with Crippen LogP contribution in [0.15, 0.2) is 72.9 Å². The summed E-state index contributed by atoms with van der Waals surface area (Å²) in [5.74, 6) is 1.39. The number of anilines is 2. The van der Waals surface area contributed by atoms with Crippen LogP contribution in [-0.4, -0.2) is 44.7 Å². The number of pyridine rings is 1. The number of para-hydroxylation sites is 1. The lowest BCUT2D eigenvalue weighted by Crippen LogP contribution is -2.44. The van der Waals surface area contributed by atoms with Crippen molar-refractivity contribution in [1.29, 1.82) is 0 Å². The number of nitrogens with zero attached hydrogens (tertiary/aromatic N) is 4. The first-order valence-corrected chi connectivity index (χ1v) is 11.4. The zero-order valence-electron chi connectivity index (χ0n) is 18.7. The molecule has 1 aliphatic rings. The minimum atomic E-state index is -0.0526. The van der Waals surface area contributed by atoms with Crippen LogP contribution < -0.4 is 10.6 Å². The predicted octanol–water partition coefficient (Wildman–Crippen LogP) is 4.11. The van der Waals surface area contributed by atoms with Crippen LogP contribution in [0.2, 0.25) is 0 Å². The number of piperidine rings is 1. The highest BCUT2D eigenvalue weighted by atomic mass is 16.1. The van der Waals surface area contributed by atoms with Crippen molar-refractivity contribution in [1.82, 2.24) is 25.0 Å². The maximum atomic E-state index is 13.3. The van der Waals surface area contributed by atoms with E-state index in [-0.39, 0.29) is 11.9 Å². The fourth-order valence-corrected chi connectivity index (χ4v) is 4.40. The van der Waals surface area contributed by atoms with Crippen LogP contribution in [-0.2, 0) is 13.6 Å². The second-order valence-corrected chi connectivity index (χ2v) is 8.55. The average Bonchev–Trinajstić information content (AvgIpc) is 3.24. The Bertz CT molecular complexity index is 1240. The summed E-state index contributed by atoms with van der Waals surface area (Å²) >= 11 is 0. The lowest BCUT2D eigenvalue weighted by Gasteiger charge is -2.32. The standard InChI is InChI=1S/C26H28N6O/c1-31-25(11-14-27-31)30-24-17-22(21-9-5-6-10-23(21)29-24)26(33)28-20-12-15-32(16-13-20)18-19-7-3-2-4-8-19/h2-11,14,17,20H,12-13,15-16,18H2,1H3,(H,28,33)(H,29,30). The van der Waals surface area contributed by atoms with Gasteiger partial charge in [0, 0.05) is 44.2 Å². The average molecular weight is 441 g/mol. The predicted molar refractivity (Wildman–Crippen MR) is 130 cm³/mol. The Labute approximate surface area is 193 Å². The molecule has 4 aromatic rings. The molecule has 1 fully saturated rings. The van der Waals surface area contributed by atoms with Crippen LogP contribution in [0.25, 0.3) is 10.9 Å². The van der Waals surface area contributed by atoms with E-state index in [4.69, 9.17) is 4.98 Å². The van der Waals surface area contributed by atoms with Gasteiger partial charge < -0.3 is 10.6 Å². The molecule has 33 heavy (non-hydrogen) atoms. The van der Waals surface area contributed by atoms with Crippen LogP contribution in [0.1, 0.15) is 28.8 Å². The molecule has 1 saturated heterocycles. The molecule has 7 nitrogen and oxygen atoms in total. The summed E-state index contributed by atoms with van der Waals surface area (Å²) in [5.41, 5.74) is 2.75. The smallest absolute Gasteiger partial charge is 0.252 e. The van der Waals surface area contributed by atoms with E-state index in [1.165, 1.54) is 5.56 Å². The molecule has 1 aliphatic heterocycles. The van der Waals surface area contributed by atoms with Crippen LogP contribution in [0, 0.1) is 0 Å². The molecular weight excluding hydrogens is 412 g/mol. The Kier molecular flexibility index (Phi) is 6.04. The largest absolute Gasteiger partial charge is 0.349 e. The Morgan fingerprint density at radius 2 is 1.79 bits per heavy atom. The van der Waals surface area contributed by atoms with E-state index in [9.17, 15) is 4.79 Å². The summed E-state index contributed by atoms with van der Waals surface area (Å²) in [4.78, 5) is 20.5. The normalized spacial score (nSPS) is 14.9. The Balaban J connectivity index is 1.28. The van der Waals surface area contributed by atoms with Gasteiger partial charge in [0.1, 0.15) is 11.6 Å². The van der Waals surface area contributed by atoms with E-state index in [2.05, 4.69) is 44.9 Å². The number of fused-ring (bicyclic) bond motifs is 1. The van der Waals surface area contributed by atoms with Crippen LogP contribution in [0.5, 0.6) is 0 Å². The van der Waals surface area contributed by atoms with Crippen LogP contribution in [0.3, 0.4) is 0 Å². The summed E-state index contributed by atoms with van der Waals surface area (Å²) in [7, 11) is 1.86. The molecule has 0 aliphatic carbocycles. The number of aryl methyl sites for hydroxylation is 1. The fraction of sp³-hybridized carbons (Fsp3) is 0.269. The molecule has 0 unspecified atom stereocenters.